The number of hydrogen-bond acceptors (Lipinski definition) is 1. The summed E-state index contributed by atoms with van der Waals surface area (Å²) in [7, 11) is 0. The lowest BCUT2D eigenvalue weighted by Crippen LogP contribution is -1.82. The van der Waals surface area contributed by atoms with Crippen LogP contribution in [0.3, 0.4) is 0 Å². The molecule has 0 aliphatic heterocycles. The van der Waals surface area contributed by atoms with Crippen molar-refractivity contribution < 1.29 is 5.11 Å². The van der Waals surface area contributed by atoms with Crippen molar-refractivity contribution in [3.63, 3.8) is 0 Å². The van der Waals surface area contributed by atoms with Crippen LogP contribution in [0.25, 0.3) is 0 Å². The Labute approximate surface area is 76.5 Å². The summed E-state index contributed by atoms with van der Waals surface area (Å²) in [6, 6.07) is 0. The van der Waals surface area contributed by atoms with E-state index in [4.69, 9.17) is 5.11 Å². The molecule has 0 aliphatic carbocycles. The van der Waals surface area contributed by atoms with E-state index in [0.717, 1.165) is 12.8 Å². The molecule has 0 rings (SSSR count). The zero-order valence-electron chi connectivity index (χ0n) is 8.47. The monoisotopic (exact) mass is 170 g/mol. The average molecular weight is 170 g/mol. The van der Waals surface area contributed by atoms with E-state index in [1.54, 1.807) is 0 Å². The Morgan fingerprint density at radius 3 is 2.58 bits per heavy atom. The Balaban J connectivity index is 3.29. The quantitative estimate of drug-likeness (QED) is 0.459. The van der Waals surface area contributed by atoms with E-state index < -0.39 is 0 Å². The molecule has 1 N–H and O–H groups in total. The lowest BCUT2D eigenvalue weighted by molar-refractivity contribution is 0.289. The highest BCUT2D eigenvalue weighted by Gasteiger charge is 1.89. The van der Waals surface area contributed by atoms with Crippen molar-refractivity contribution in [1.82, 2.24) is 0 Å². The van der Waals surface area contributed by atoms with E-state index in [9.17, 15) is 0 Å². The van der Waals surface area contributed by atoms with E-state index in [0.29, 0.717) is 6.61 Å². The molecule has 0 aromatic heterocycles. The fraction of sp³-hybridized carbons (Fsp3) is 0.818. The molecular formula is C11H22O. The van der Waals surface area contributed by atoms with Gasteiger partial charge in [0.25, 0.3) is 0 Å². The summed E-state index contributed by atoms with van der Waals surface area (Å²) in [5.74, 6) is 0. The van der Waals surface area contributed by atoms with Crippen molar-refractivity contribution in [2.45, 2.75) is 52.4 Å². The summed E-state index contributed by atoms with van der Waals surface area (Å²) in [6.07, 6.45) is 9.39. The zero-order chi connectivity index (χ0) is 9.23. The van der Waals surface area contributed by atoms with Gasteiger partial charge in [0.15, 0.2) is 0 Å². The highest BCUT2D eigenvalue weighted by atomic mass is 16.2. The summed E-state index contributed by atoms with van der Waals surface area (Å²) in [4.78, 5) is 0. The van der Waals surface area contributed by atoms with Crippen LogP contribution in [0.1, 0.15) is 52.4 Å². The maximum atomic E-state index is 8.56. The molecule has 0 saturated carbocycles. The van der Waals surface area contributed by atoms with Crippen LogP contribution in [0.5, 0.6) is 0 Å². The van der Waals surface area contributed by atoms with E-state index in [1.807, 2.05) is 0 Å². The molecule has 0 aromatic carbocycles. The van der Waals surface area contributed by atoms with Crippen LogP contribution in [-0.4, -0.2) is 11.7 Å². The Hall–Kier alpha value is -0.300. The van der Waals surface area contributed by atoms with Crippen LogP contribution in [-0.2, 0) is 0 Å². The Bertz CT molecular complexity index is 116. The van der Waals surface area contributed by atoms with Gasteiger partial charge in [-0.15, -0.1) is 0 Å². The molecule has 1 heteroatoms. The second kappa shape index (κ2) is 8.79. The lowest BCUT2D eigenvalue weighted by Gasteiger charge is -1.99. The summed E-state index contributed by atoms with van der Waals surface area (Å²) in [6.45, 7) is 4.73. The van der Waals surface area contributed by atoms with Crippen molar-refractivity contribution in [2.24, 2.45) is 0 Å². The smallest absolute Gasteiger partial charge is 0.0433 e. The molecule has 0 fully saturated rings. The van der Waals surface area contributed by atoms with Crippen LogP contribution in [0.4, 0.5) is 0 Å². The molecule has 0 radical (unpaired) electrons. The molecule has 0 heterocycles. The number of hydrogen-bond donors (Lipinski definition) is 1. The standard InChI is InChI=1S/C11H22O/c1-3-4-5-8-11(2)9-6-7-10-12/h9,12H,3-8,10H2,1-2H3/b11-9+. The number of aliphatic hydroxyl groups excluding tert-OH is 1. The Morgan fingerprint density at radius 1 is 1.25 bits per heavy atom. The SMILES string of the molecule is CCCCC/C(C)=C/CCCO. The summed E-state index contributed by atoms with van der Waals surface area (Å²) in [5, 5.41) is 8.56. The van der Waals surface area contributed by atoms with E-state index >= 15 is 0 Å². The van der Waals surface area contributed by atoms with Crippen LogP contribution in [0.15, 0.2) is 11.6 Å². The summed E-state index contributed by atoms with van der Waals surface area (Å²) >= 11 is 0. The molecule has 0 saturated heterocycles. The third-order valence-corrected chi connectivity index (χ3v) is 2.03. The number of aliphatic hydroxyl groups is 1. The molecular weight excluding hydrogens is 148 g/mol. The average Bonchev–Trinajstić information content (AvgIpc) is 2.06. The highest BCUT2D eigenvalue weighted by Crippen LogP contribution is 2.09. The normalized spacial score (nSPS) is 12.1. The molecule has 0 bridgehead atoms. The molecule has 0 aliphatic rings. The Kier molecular flexibility index (Phi) is 8.57. The molecule has 12 heavy (non-hydrogen) atoms. The highest BCUT2D eigenvalue weighted by molar-refractivity contribution is 4.97. The topological polar surface area (TPSA) is 20.2 Å². The lowest BCUT2D eigenvalue weighted by atomic mass is 10.1. The van der Waals surface area contributed by atoms with E-state index in [-0.39, 0.29) is 0 Å². The first kappa shape index (κ1) is 11.7. The van der Waals surface area contributed by atoms with Crippen LogP contribution in [0.2, 0.25) is 0 Å². The van der Waals surface area contributed by atoms with Crippen LogP contribution >= 0.6 is 0 Å². The summed E-state index contributed by atoms with van der Waals surface area (Å²) < 4.78 is 0. The van der Waals surface area contributed by atoms with Gasteiger partial charge in [-0.2, -0.15) is 0 Å². The van der Waals surface area contributed by atoms with Gasteiger partial charge in [0.05, 0.1) is 0 Å². The van der Waals surface area contributed by atoms with Gasteiger partial charge in [-0.1, -0.05) is 31.4 Å². The van der Waals surface area contributed by atoms with Crippen molar-refractivity contribution in [1.29, 1.82) is 0 Å². The molecule has 72 valence electrons. The second-order valence-electron chi connectivity index (χ2n) is 3.37. The van der Waals surface area contributed by atoms with Gasteiger partial charge >= 0.3 is 0 Å². The maximum Gasteiger partial charge on any atom is 0.0433 e. The number of rotatable bonds is 7. The van der Waals surface area contributed by atoms with Crippen molar-refractivity contribution >= 4 is 0 Å². The number of unbranched alkanes of at least 4 members (excludes halogenated alkanes) is 3. The third-order valence-electron chi connectivity index (χ3n) is 2.03. The molecule has 0 amide bonds. The molecule has 0 aromatic rings. The largest absolute Gasteiger partial charge is 0.396 e. The first-order valence-electron chi connectivity index (χ1n) is 5.07. The van der Waals surface area contributed by atoms with Crippen molar-refractivity contribution in [3.8, 4) is 0 Å². The molecule has 1 nitrogen and oxygen atoms in total. The van der Waals surface area contributed by atoms with Crippen LogP contribution < -0.4 is 0 Å². The van der Waals surface area contributed by atoms with Gasteiger partial charge in [0.1, 0.15) is 0 Å². The second-order valence-corrected chi connectivity index (χ2v) is 3.37. The minimum Gasteiger partial charge on any atom is -0.396 e. The van der Waals surface area contributed by atoms with E-state index in [2.05, 4.69) is 19.9 Å². The fourth-order valence-corrected chi connectivity index (χ4v) is 1.20. The van der Waals surface area contributed by atoms with Gasteiger partial charge in [0, 0.05) is 6.61 Å². The molecule has 0 spiro atoms. The minimum atomic E-state index is 0.318. The van der Waals surface area contributed by atoms with E-state index in [1.165, 1.54) is 31.3 Å². The molecule has 0 atom stereocenters. The zero-order valence-corrected chi connectivity index (χ0v) is 8.47. The predicted molar refractivity (Wildman–Crippen MR) is 54.2 cm³/mol. The maximum absolute atomic E-state index is 8.56. The van der Waals surface area contributed by atoms with Gasteiger partial charge in [-0.25, -0.2) is 0 Å². The molecule has 0 unspecified atom stereocenters. The first-order valence-corrected chi connectivity index (χ1v) is 5.07. The predicted octanol–water partition coefficient (Wildman–Crippen LogP) is 3.29. The van der Waals surface area contributed by atoms with Gasteiger partial charge in [0.2, 0.25) is 0 Å². The van der Waals surface area contributed by atoms with Gasteiger partial charge in [-0.3, -0.25) is 0 Å². The van der Waals surface area contributed by atoms with Gasteiger partial charge < -0.3 is 5.11 Å². The fourth-order valence-electron chi connectivity index (χ4n) is 1.20. The third kappa shape index (κ3) is 7.80. The van der Waals surface area contributed by atoms with Crippen LogP contribution in [0, 0.1) is 0 Å². The Morgan fingerprint density at radius 2 is 2.00 bits per heavy atom. The summed E-state index contributed by atoms with van der Waals surface area (Å²) in [5.41, 5.74) is 1.48. The first-order chi connectivity index (χ1) is 5.81. The number of allylic oxidation sites excluding steroid dienone is 2. The van der Waals surface area contributed by atoms with Gasteiger partial charge in [-0.05, 0) is 32.6 Å². The minimum absolute atomic E-state index is 0.318. The van der Waals surface area contributed by atoms with Crippen molar-refractivity contribution in [3.05, 3.63) is 11.6 Å². The van der Waals surface area contributed by atoms with Crippen molar-refractivity contribution in [2.75, 3.05) is 6.61 Å².